The molecule has 0 saturated heterocycles. The second-order valence-corrected chi connectivity index (χ2v) is 9.49. The maximum Gasteiger partial charge on any atom is 0.269 e. The van der Waals surface area contributed by atoms with Crippen LogP contribution in [0, 0.1) is 5.92 Å². The summed E-state index contributed by atoms with van der Waals surface area (Å²) in [6.07, 6.45) is 4.82. The number of nitrogens with one attached hydrogen (secondary N) is 2. The normalized spacial score (nSPS) is 15.7. The quantitative estimate of drug-likeness (QED) is 0.359. The fraction of sp³-hybridized carbons (Fsp3) is 0.300. The molecule has 0 saturated carbocycles. The molecule has 2 aromatic heterocycles. The molecule has 2 heterocycles. The monoisotopic (exact) mass is 446 g/mol. The second-order valence-electron chi connectivity index (χ2n) is 7.01. The lowest BCUT2D eigenvalue weighted by molar-refractivity contribution is -0.119. The third kappa shape index (κ3) is 4.55. The van der Waals surface area contributed by atoms with E-state index in [1.54, 1.807) is 41.9 Å². The highest BCUT2D eigenvalue weighted by Crippen LogP contribution is 2.40. The van der Waals surface area contributed by atoms with E-state index in [0.717, 1.165) is 34.5 Å². The molecule has 0 spiro atoms. The molecule has 1 aromatic carbocycles. The van der Waals surface area contributed by atoms with Gasteiger partial charge in [-0.05, 0) is 55.0 Å². The maximum absolute atomic E-state index is 12.2. The number of amides is 2. The summed E-state index contributed by atoms with van der Waals surface area (Å²) >= 11 is 8.91. The molecule has 1 aliphatic carbocycles. The highest BCUT2D eigenvalue weighted by molar-refractivity contribution is 8.00. The van der Waals surface area contributed by atoms with Crippen LogP contribution in [0.25, 0.3) is 10.2 Å². The average Bonchev–Trinajstić information content (AvgIpc) is 3.09. The minimum Gasteiger partial charge on any atom is -0.272 e. The van der Waals surface area contributed by atoms with Gasteiger partial charge in [0.1, 0.15) is 16.2 Å². The molecule has 2 N–H and O–H groups in total. The fourth-order valence-electron chi connectivity index (χ4n) is 3.33. The Morgan fingerprint density at radius 1 is 1.24 bits per heavy atom. The number of hydrogen-bond donors (Lipinski definition) is 2. The number of thioether (sulfide) groups is 1. The van der Waals surface area contributed by atoms with Crippen LogP contribution in [0.5, 0.6) is 0 Å². The number of fused-ring (bicyclic) bond motifs is 3. The highest BCUT2D eigenvalue weighted by atomic mass is 35.5. The Morgan fingerprint density at radius 3 is 2.83 bits per heavy atom. The van der Waals surface area contributed by atoms with Gasteiger partial charge < -0.3 is 0 Å². The molecular weight excluding hydrogens is 428 g/mol. The summed E-state index contributed by atoms with van der Waals surface area (Å²) < 4.78 is 0. The van der Waals surface area contributed by atoms with E-state index in [1.807, 2.05) is 0 Å². The Balaban J connectivity index is 1.39. The molecule has 29 heavy (non-hydrogen) atoms. The minimum absolute atomic E-state index is 0.147. The van der Waals surface area contributed by atoms with Crippen LogP contribution in [0.15, 0.2) is 35.6 Å². The Morgan fingerprint density at radius 2 is 2.03 bits per heavy atom. The van der Waals surface area contributed by atoms with Gasteiger partial charge in [-0.3, -0.25) is 20.4 Å². The summed E-state index contributed by atoms with van der Waals surface area (Å²) in [6, 6.07) is 6.43. The summed E-state index contributed by atoms with van der Waals surface area (Å²) in [5.74, 6) is 0.135. The van der Waals surface area contributed by atoms with Gasteiger partial charge in [0.2, 0.25) is 5.91 Å². The largest absolute Gasteiger partial charge is 0.272 e. The third-order valence-corrected chi connectivity index (χ3v) is 7.22. The van der Waals surface area contributed by atoms with E-state index in [4.69, 9.17) is 11.6 Å². The number of benzene rings is 1. The number of carbonyl (C=O) groups is 2. The number of aromatic nitrogens is 2. The first-order chi connectivity index (χ1) is 14.0. The van der Waals surface area contributed by atoms with Crippen LogP contribution >= 0.6 is 34.7 Å². The van der Waals surface area contributed by atoms with Gasteiger partial charge in [-0.15, -0.1) is 11.3 Å². The summed E-state index contributed by atoms with van der Waals surface area (Å²) in [5.41, 5.74) is 6.61. The van der Waals surface area contributed by atoms with Gasteiger partial charge in [0.05, 0.1) is 5.75 Å². The zero-order valence-corrected chi connectivity index (χ0v) is 18.1. The number of halogens is 1. The van der Waals surface area contributed by atoms with Crippen LogP contribution in [0.2, 0.25) is 5.02 Å². The van der Waals surface area contributed by atoms with Gasteiger partial charge in [0, 0.05) is 20.8 Å². The predicted octanol–water partition coefficient (Wildman–Crippen LogP) is 4.02. The number of hydrazine groups is 1. The van der Waals surface area contributed by atoms with Crippen molar-refractivity contribution in [3.05, 3.63) is 51.6 Å². The molecule has 150 valence electrons. The zero-order valence-electron chi connectivity index (χ0n) is 15.7. The van der Waals surface area contributed by atoms with E-state index in [9.17, 15) is 9.59 Å². The Bertz CT molecular complexity index is 1070. The standard InChI is InChI=1S/C20H19ClN4O2S2/c1-11-2-7-14-15(8-11)29-20-17(14)19(22-10-23-20)28-9-16(26)24-25-18(27)12-3-5-13(21)6-4-12/h3-6,10-11H,2,7-9H2,1H3,(H,24,26)(H,25,27). The van der Waals surface area contributed by atoms with Crippen molar-refractivity contribution in [1.82, 2.24) is 20.8 Å². The van der Waals surface area contributed by atoms with Crippen molar-refractivity contribution in [1.29, 1.82) is 0 Å². The van der Waals surface area contributed by atoms with Crippen LogP contribution in [0.3, 0.4) is 0 Å². The van der Waals surface area contributed by atoms with Crippen molar-refractivity contribution in [3.8, 4) is 0 Å². The van der Waals surface area contributed by atoms with Crippen molar-refractivity contribution < 1.29 is 9.59 Å². The SMILES string of the molecule is CC1CCc2c(sc3ncnc(SCC(=O)NNC(=O)c4ccc(Cl)cc4)c23)C1. The van der Waals surface area contributed by atoms with Gasteiger partial charge in [-0.25, -0.2) is 9.97 Å². The summed E-state index contributed by atoms with van der Waals surface area (Å²) in [7, 11) is 0. The van der Waals surface area contributed by atoms with Crippen LogP contribution in [0.4, 0.5) is 0 Å². The molecule has 2 amide bonds. The van der Waals surface area contributed by atoms with Gasteiger partial charge in [-0.1, -0.05) is 30.3 Å². The Hall–Kier alpha value is -2.16. The van der Waals surface area contributed by atoms with E-state index in [1.165, 1.54) is 22.2 Å². The molecule has 0 fully saturated rings. The Kier molecular flexibility index (Phi) is 6.03. The summed E-state index contributed by atoms with van der Waals surface area (Å²) in [5, 5.41) is 2.45. The van der Waals surface area contributed by atoms with Crippen molar-refractivity contribution in [2.75, 3.05) is 5.75 Å². The maximum atomic E-state index is 12.2. The number of thiophene rings is 1. The van der Waals surface area contributed by atoms with Crippen LogP contribution < -0.4 is 10.9 Å². The van der Waals surface area contributed by atoms with Gasteiger partial charge in [0.15, 0.2) is 0 Å². The lowest BCUT2D eigenvalue weighted by atomic mass is 9.89. The molecule has 0 radical (unpaired) electrons. The molecule has 0 aliphatic heterocycles. The molecular formula is C20H19ClN4O2S2. The first-order valence-electron chi connectivity index (χ1n) is 9.24. The minimum atomic E-state index is -0.398. The number of hydrogen-bond acceptors (Lipinski definition) is 6. The van der Waals surface area contributed by atoms with E-state index in [2.05, 4.69) is 27.7 Å². The van der Waals surface area contributed by atoms with Crippen molar-refractivity contribution in [2.24, 2.45) is 5.92 Å². The molecule has 0 bridgehead atoms. The van der Waals surface area contributed by atoms with E-state index in [-0.39, 0.29) is 11.7 Å². The van der Waals surface area contributed by atoms with Gasteiger partial charge in [-0.2, -0.15) is 0 Å². The van der Waals surface area contributed by atoms with E-state index >= 15 is 0 Å². The summed E-state index contributed by atoms with van der Waals surface area (Å²) in [4.78, 5) is 35.5. The van der Waals surface area contributed by atoms with Crippen molar-refractivity contribution in [2.45, 2.75) is 31.2 Å². The first-order valence-corrected chi connectivity index (χ1v) is 11.4. The fourth-order valence-corrected chi connectivity index (χ4v) is 5.69. The van der Waals surface area contributed by atoms with E-state index < -0.39 is 5.91 Å². The number of aryl methyl sites for hydroxylation is 1. The second kappa shape index (κ2) is 8.69. The molecule has 3 aromatic rings. The van der Waals surface area contributed by atoms with Crippen LogP contribution in [-0.4, -0.2) is 27.5 Å². The van der Waals surface area contributed by atoms with Gasteiger partial charge in [0.25, 0.3) is 5.91 Å². The Labute approximate surface area is 181 Å². The smallest absolute Gasteiger partial charge is 0.269 e. The lowest BCUT2D eigenvalue weighted by Gasteiger charge is -2.18. The molecule has 9 heteroatoms. The third-order valence-electron chi connectivity index (χ3n) is 4.82. The molecule has 1 unspecified atom stereocenters. The lowest BCUT2D eigenvalue weighted by Crippen LogP contribution is -2.42. The predicted molar refractivity (Wildman–Crippen MR) is 116 cm³/mol. The number of carbonyl (C=O) groups excluding carboxylic acids is 2. The molecule has 4 rings (SSSR count). The number of nitrogens with zero attached hydrogens (tertiary/aromatic N) is 2. The topological polar surface area (TPSA) is 84.0 Å². The molecule has 1 aliphatic rings. The molecule has 6 nitrogen and oxygen atoms in total. The number of rotatable bonds is 4. The average molecular weight is 447 g/mol. The first kappa shape index (κ1) is 20.1. The summed E-state index contributed by atoms with van der Waals surface area (Å²) in [6.45, 7) is 2.28. The zero-order chi connectivity index (χ0) is 20.4. The van der Waals surface area contributed by atoms with Gasteiger partial charge >= 0.3 is 0 Å². The highest BCUT2D eigenvalue weighted by Gasteiger charge is 2.23. The van der Waals surface area contributed by atoms with Crippen LogP contribution in [-0.2, 0) is 17.6 Å². The van der Waals surface area contributed by atoms with Crippen molar-refractivity contribution in [3.63, 3.8) is 0 Å². The van der Waals surface area contributed by atoms with Crippen molar-refractivity contribution >= 4 is 56.7 Å². The van der Waals surface area contributed by atoms with Crippen LogP contribution in [0.1, 0.15) is 34.1 Å². The molecule has 1 atom stereocenters. The van der Waals surface area contributed by atoms with E-state index in [0.29, 0.717) is 16.5 Å².